The highest BCUT2D eigenvalue weighted by molar-refractivity contribution is 7.99. The van der Waals surface area contributed by atoms with Gasteiger partial charge in [-0.1, -0.05) is 12.1 Å². The number of nitrogens with zero attached hydrogens (tertiary/aromatic N) is 1. The Kier molecular flexibility index (Phi) is 7.35. The molecule has 1 aromatic rings. The largest absolute Gasteiger partial charge is 0.356 e. The lowest BCUT2D eigenvalue weighted by Gasteiger charge is -2.22. The molecule has 2 rings (SSSR count). The summed E-state index contributed by atoms with van der Waals surface area (Å²) in [5.74, 6) is 2.24. The number of aryl methyl sites for hydroxylation is 1. The predicted molar refractivity (Wildman–Crippen MR) is 92.8 cm³/mol. The first kappa shape index (κ1) is 17.7. The minimum atomic E-state index is -0.390. The van der Waals surface area contributed by atoms with Crippen LogP contribution in [0.15, 0.2) is 24.3 Å². The van der Waals surface area contributed by atoms with Crippen LogP contribution < -0.4 is 10.6 Å². The summed E-state index contributed by atoms with van der Waals surface area (Å²) in [4.78, 5) is 22.0. The monoisotopic (exact) mass is 337 g/mol. The first-order chi connectivity index (χ1) is 11.1. The van der Waals surface area contributed by atoms with E-state index in [1.165, 1.54) is 12.1 Å². The molecule has 2 N–H and O–H groups in total. The number of benzene rings is 1. The Morgan fingerprint density at radius 1 is 1.35 bits per heavy atom. The summed E-state index contributed by atoms with van der Waals surface area (Å²) < 4.78 is 0. The van der Waals surface area contributed by atoms with E-state index in [9.17, 15) is 14.9 Å². The average Bonchev–Trinajstić information content (AvgIpc) is 2.56. The number of non-ortho nitro benzene ring substituents is 1. The topological polar surface area (TPSA) is 84.3 Å². The first-order valence-electron chi connectivity index (χ1n) is 7.96. The molecule has 0 aliphatic carbocycles. The molecule has 0 bridgehead atoms. The molecular weight excluding hydrogens is 314 g/mol. The maximum absolute atomic E-state index is 11.8. The number of nitrogens with one attached hydrogen (secondary N) is 2. The highest BCUT2D eigenvalue weighted by Crippen LogP contribution is 2.13. The fourth-order valence-electron chi connectivity index (χ4n) is 2.51. The minimum absolute atomic E-state index is 0.111. The van der Waals surface area contributed by atoms with Gasteiger partial charge in [-0.05, 0) is 24.8 Å². The zero-order valence-corrected chi connectivity index (χ0v) is 13.9. The SMILES string of the molecule is O=C(CC1CSCCN1)NCCCCc1ccc([N+](=O)[O-])cc1. The van der Waals surface area contributed by atoms with Crippen molar-refractivity contribution in [1.29, 1.82) is 0 Å². The Balaban J connectivity index is 1.56. The van der Waals surface area contributed by atoms with Gasteiger partial charge in [-0.25, -0.2) is 0 Å². The van der Waals surface area contributed by atoms with E-state index in [1.807, 2.05) is 11.8 Å². The van der Waals surface area contributed by atoms with E-state index < -0.39 is 0 Å². The molecule has 1 aromatic carbocycles. The van der Waals surface area contributed by atoms with Gasteiger partial charge in [0, 0.05) is 49.2 Å². The van der Waals surface area contributed by atoms with E-state index in [4.69, 9.17) is 0 Å². The van der Waals surface area contributed by atoms with Crippen LogP contribution in [-0.4, -0.2) is 41.5 Å². The van der Waals surface area contributed by atoms with E-state index >= 15 is 0 Å². The number of unbranched alkanes of at least 4 members (excludes halogenated alkanes) is 1. The number of carbonyl (C=O) groups is 1. The van der Waals surface area contributed by atoms with Gasteiger partial charge in [-0.15, -0.1) is 0 Å². The van der Waals surface area contributed by atoms with Crippen molar-refractivity contribution in [2.45, 2.75) is 31.7 Å². The Labute approximate surface area is 140 Å². The van der Waals surface area contributed by atoms with Crippen LogP contribution in [0.3, 0.4) is 0 Å². The molecule has 1 unspecified atom stereocenters. The second-order valence-corrected chi connectivity index (χ2v) is 6.81. The van der Waals surface area contributed by atoms with Crippen LogP contribution in [0, 0.1) is 10.1 Å². The van der Waals surface area contributed by atoms with Crippen LogP contribution >= 0.6 is 11.8 Å². The molecule has 7 heteroatoms. The van der Waals surface area contributed by atoms with Gasteiger partial charge >= 0.3 is 0 Å². The standard InChI is InChI=1S/C16H23N3O3S/c20-16(11-14-12-23-10-9-17-14)18-8-2-1-3-13-4-6-15(7-5-13)19(21)22/h4-7,14,17H,1-3,8-12H2,(H,18,20). The predicted octanol–water partition coefficient (Wildman–Crippen LogP) is 2.13. The third kappa shape index (κ3) is 6.58. The molecule has 1 saturated heterocycles. The van der Waals surface area contributed by atoms with Crippen molar-refractivity contribution < 1.29 is 9.72 Å². The van der Waals surface area contributed by atoms with Crippen molar-refractivity contribution in [3.8, 4) is 0 Å². The normalized spacial score (nSPS) is 17.7. The fraction of sp³-hybridized carbons (Fsp3) is 0.562. The van der Waals surface area contributed by atoms with Crippen LogP contribution in [0.1, 0.15) is 24.8 Å². The Morgan fingerprint density at radius 2 is 2.13 bits per heavy atom. The maximum atomic E-state index is 11.8. The molecule has 0 spiro atoms. The number of nitro groups is 1. The Hall–Kier alpha value is -1.60. The number of thioether (sulfide) groups is 1. The number of hydrogen-bond acceptors (Lipinski definition) is 5. The van der Waals surface area contributed by atoms with Gasteiger partial charge in [0.1, 0.15) is 0 Å². The average molecular weight is 337 g/mol. The van der Waals surface area contributed by atoms with Crippen molar-refractivity contribution >= 4 is 23.4 Å². The van der Waals surface area contributed by atoms with Crippen molar-refractivity contribution in [3.05, 3.63) is 39.9 Å². The number of carbonyl (C=O) groups excluding carboxylic acids is 1. The van der Waals surface area contributed by atoms with Crippen LogP contribution in [0.2, 0.25) is 0 Å². The van der Waals surface area contributed by atoms with Crippen molar-refractivity contribution in [3.63, 3.8) is 0 Å². The van der Waals surface area contributed by atoms with Gasteiger partial charge in [-0.2, -0.15) is 11.8 Å². The highest BCUT2D eigenvalue weighted by atomic mass is 32.2. The van der Waals surface area contributed by atoms with Crippen LogP contribution in [0.25, 0.3) is 0 Å². The number of rotatable bonds is 8. The van der Waals surface area contributed by atoms with E-state index in [2.05, 4.69) is 10.6 Å². The number of nitro benzene ring substituents is 1. The molecule has 23 heavy (non-hydrogen) atoms. The third-order valence-electron chi connectivity index (χ3n) is 3.79. The summed E-state index contributed by atoms with van der Waals surface area (Å²) in [5, 5.41) is 16.9. The van der Waals surface area contributed by atoms with Crippen molar-refractivity contribution in [2.75, 3.05) is 24.6 Å². The fourth-order valence-corrected chi connectivity index (χ4v) is 3.46. The van der Waals surface area contributed by atoms with E-state index in [0.29, 0.717) is 19.0 Å². The van der Waals surface area contributed by atoms with Crippen molar-refractivity contribution in [1.82, 2.24) is 10.6 Å². The molecular formula is C16H23N3O3S. The first-order valence-corrected chi connectivity index (χ1v) is 9.12. The number of hydrogen-bond donors (Lipinski definition) is 2. The summed E-state index contributed by atoms with van der Waals surface area (Å²) in [6.45, 7) is 1.67. The lowest BCUT2D eigenvalue weighted by Crippen LogP contribution is -2.41. The van der Waals surface area contributed by atoms with Gasteiger partial charge in [0.05, 0.1) is 4.92 Å². The van der Waals surface area contributed by atoms with Crippen LogP contribution in [-0.2, 0) is 11.2 Å². The zero-order chi connectivity index (χ0) is 16.5. The van der Waals surface area contributed by atoms with E-state index in [-0.39, 0.29) is 16.5 Å². The molecule has 1 fully saturated rings. The van der Waals surface area contributed by atoms with E-state index in [0.717, 1.165) is 42.9 Å². The summed E-state index contributed by atoms with van der Waals surface area (Å²) >= 11 is 1.89. The maximum Gasteiger partial charge on any atom is 0.269 e. The van der Waals surface area contributed by atoms with Crippen LogP contribution in [0.5, 0.6) is 0 Å². The second-order valence-electron chi connectivity index (χ2n) is 5.66. The van der Waals surface area contributed by atoms with Crippen LogP contribution in [0.4, 0.5) is 5.69 Å². The molecule has 1 heterocycles. The summed E-state index contributed by atoms with van der Waals surface area (Å²) in [7, 11) is 0. The molecule has 1 amide bonds. The minimum Gasteiger partial charge on any atom is -0.356 e. The van der Waals surface area contributed by atoms with Gasteiger partial charge in [0.25, 0.3) is 5.69 Å². The Bertz CT molecular complexity index is 516. The molecule has 1 aliphatic heterocycles. The zero-order valence-electron chi connectivity index (χ0n) is 13.1. The smallest absolute Gasteiger partial charge is 0.269 e. The second kappa shape index (κ2) is 9.52. The van der Waals surface area contributed by atoms with Crippen molar-refractivity contribution in [2.24, 2.45) is 0 Å². The lowest BCUT2D eigenvalue weighted by atomic mass is 10.1. The number of amides is 1. The molecule has 1 aliphatic rings. The molecule has 0 saturated carbocycles. The molecule has 0 aromatic heterocycles. The van der Waals surface area contributed by atoms with E-state index in [1.54, 1.807) is 12.1 Å². The van der Waals surface area contributed by atoms with Gasteiger partial charge in [0.2, 0.25) is 5.91 Å². The Morgan fingerprint density at radius 3 is 2.78 bits per heavy atom. The van der Waals surface area contributed by atoms with Gasteiger partial charge in [0.15, 0.2) is 0 Å². The summed E-state index contributed by atoms with van der Waals surface area (Å²) in [6.07, 6.45) is 3.29. The molecule has 0 radical (unpaired) electrons. The summed E-state index contributed by atoms with van der Waals surface area (Å²) in [5.41, 5.74) is 1.21. The van der Waals surface area contributed by atoms with Gasteiger partial charge < -0.3 is 10.6 Å². The summed E-state index contributed by atoms with van der Waals surface area (Å²) in [6, 6.07) is 6.96. The quantitative estimate of drug-likeness (QED) is 0.431. The lowest BCUT2D eigenvalue weighted by molar-refractivity contribution is -0.384. The molecule has 1 atom stereocenters. The third-order valence-corrected chi connectivity index (χ3v) is 4.92. The molecule has 126 valence electrons. The molecule has 6 nitrogen and oxygen atoms in total. The highest BCUT2D eigenvalue weighted by Gasteiger charge is 2.16. The van der Waals surface area contributed by atoms with Gasteiger partial charge in [-0.3, -0.25) is 14.9 Å².